The average molecular weight is 492 g/mol. The molecule has 0 radical (unpaired) electrons. The minimum absolute atomic E-state index is 0.0120. The molecule has 6 nitrogen and oxygen atoms in total. The summed E-state index contributed by atoms with van der Waals surface area (Å²) in [6, 6.07) is 8.41. The maximum atomic E-state index is 13.6. The first kappa shape index (κ1) is 25.2. The highest BCUT2D eigenvalue weighted by Gasteiger charge is 2.33. The molecule has 0 spiro atoms. The van der Waals surface area contributed by atoms with Crippen LogP contribution in [0.5, 0.6) is 0 Å². The number of carbonyl (C=O) groups is 2. The minimum atomic E-state index is -0.385. The van der Waals surface area contributed by atoms with Gasteiger partial charge in [0.2, 0.25) is 0 Å². The van der Waals surface area contributed by atoms with Crippen molar-refractivity contribution in [2.75, 3.05) is 19.7 Å². The summed E-state index contributed by atoms with van der Waals surface area (Å²) < 4.78 is 5.85. The number of para-hydroxylation sites is 1. The van der Waals surface area contributed by atoms with Gasteiger partial charge >= 0.3 is 5.97 Å². The lowest BCUT2D eigenvalue weighted by molar-refractivity contribution is -0.141. The second-order valence-electron chi connectivity index (χ2n) is 10.9. The second-order valence-corrected chi connectivity index (χ2v) is 10.9. The van der Waals surface area contributed by atoms with Gasteiger partial charge in [0.05, 0.1) is 11.1 Å². The van der Waals surface area contributed by atoms with Gasteiger partial charge in [-0.1, -0.05) is 63.6 Å². The van der Waals surface area contributed by atoms with Crippen LogP contribution >= 0.6 is 0 Å². The van der Waals surface area contributed by atoms with E-state index < -0.39 is 0 Å². The maximum absolute atomic E-state index is 13.6. The van der Waals surface area contributed by atoms with Crippen LogP contribution in [0.4, 0.5) is 0 Å². The van der Waals surface area contributed by atoms with E-state index in [1.54, 1.807) is 0 Å². The largest absolute Gasteiger partial charge is 0.452 e. The van der Waals surface area contributed by atoms with E-state index in [2.05, 4.69) is 16.7 Å². The van der Waals surface area contributed by atoms with Crippen LogP contribution in [-0.2, 0) is 22.5 Å². The van der Waals surface area contributed by atoms with Gasteiger partial charge in [0.15, 0.2) is 6.61 Å². The van der Waals surface area contributed by atoms with Crippen LogP contribution in [0.15, 0.2) is 24.3 Å². The summed E-state index contributed by atoms with van der Waals surface area (Å²) in [5.41, 5.74) is 3.39. The van der Waals surface area contributed by atoms with Gasteiger partial charge in [0.1, 0.15) is 0 Å². The molecule has 0 saturated heterocycles. The van der Waals surface area contributed by atoms with Crippen molar-refractivity contribution < 1.29 is 14.3 Å². The van der Waals surface area contributed by atoms with Gasteiger partial charge in [-0.05, 0) is 44.7 Å². The van der Waals surface area contributed by atoms with Crippen LogP contribution < -0.4 is 0 Å². The summed E-state index contributed by atoms with van der Waals surface area (Å²) in [6.07, 6.45) is 13.5. The van der Waals surface area contributed by atoms with Crippen LogP contribution in [0, 0.1) is 0 Å². The molecule has 0 unspecified atom stereocenters. The number of hydrogen-bond donors (Lipinski definition) is 0. The molecule has 0 N–H and O–H groups in total. The molecule has 3 aliphatic rings. The summed E-state index contributed by atoms with van der Waals surface area (Å²) in [5.74, 6) is -0.397. The average Bonchev–Trinajstić information content (AvgIpc) is 2.92. The number of nitrogens with zero attached hydrogens (tertiary/aromatic N) is 3. The molecule has 2 aromatic rings. The zero-order valence-electron chi connectivity index (χ0n) is 21.8. The van der Waals surface area contributed by atoms with Crippen molar-refractivity contribution in [2.24, 2.45) is 0 Å². The molecular weight excluding hydrogens is 450 g/mol. The van der Waals surface area contributed by atoms with Crippen LogP contribution in [0.25, 0.3) is 10.9 Å². The zero-order valence-corrected chi connectivity index (χ0v) is 21.8. The second kappa shape index (κ2) is 11.7. The Labute approximate surface area is 215 Å². The van der Waals surface area contributed by atoms with Gasteiger partial charge in [0, 0.05) is 48.2 Å². The monoisotopic (exact) mass is 491 g/mol. The predicted octanol–water partition coefficient (Wildman–Crippen LogP) is 5.65. The third-order valence-corrected chi connectivity index (χ3v) is 8.42. The molecule has 36 heavy (non-hydrogen) atoms. The van der Waals surface area contributed by atoms with E-state index in [0.29, 0.717) is 24.2 Å². The lowest BCUT2D eigenvalue weighted by Crippen LogP contribution is -2.50. The van der Waals surface area contributed by atoms with Gasteiger partial charge in [0.25, 0.3) is 5.91 Å². The Bertz CT molecular complexity index is 1050. The summed E-state index contributed by atoms with van der Waals surface area (Å²) in [6.45, 7) is 4.67. The maximum Gasteiger partial charge on any atom is 0.339 e. The molecule has 1 amide bonds. The number of pyridine rings is 1. The molecule has 5 rings (SSSR count). The van der Waals surface area contributed by atoms with E-state index in [-0.39, 0.29) is 18.5 Å². The fourth-order valence-electron chi connectivity index (χ4n) is 6.68. The number of amides is 1. The molecule has 2 fully saturated rings. The number of carbonyl (C=O) groups excluding carboxylic acids is 2. The Balaban J connectivity index is 1.38. The van der Waals surface area contributed by atoms with Crippen molar-refractivity contribution in [1.29, 1.82) is 0 Å². The molecule has 0 bridgehead atoms. The Hall–Kier alpha value is -2.47. The van der Waals surface area contributed by atoms with Gasteiger partial charge in [-0.25, -0.2) is 4.79 Å². The first-order valence-electron chi connectivity index (χ1n) is 14.3. The van der Waals surface area contributed by atoms with Gasteiger partial charge in [-0.15, -0.1) is 0 Å². The Morgan fingerprint density at radius 3 is 2.33 bits per heavy atom. The number of ether oxygens (including phenoxy) is 1. The summed E-state index contributed by atoms with van der Waals surface area (Å²) >= 11 is 0. The normalized spacial score (nSPS) is 19.7. The van der Waals surface area contributed by atoms with Crippen molar-refractivity contribution in [2.45, 2.75) is 103 Å². The zero-order chi connectivity index (χ0) is 24.9. The number of hydrogen-bond acceptors (Lipinski definition) is 5. The molecule has 2 saturated carbocycles. The summed E-state index contributed by atoms with van der Waals surface area (Å²) in [5, 5.41) is 0.823. The quantitative estimate of drug-likeness (QED) is 0.468. The van der Waals surface area contributed by atoms with E-state index in [1.807, 2.05) is 24.3 Å². The summed E-state index contributed by atoms with van der Waals surface area (Å²) in [4.78, 5) is 36.6. The fraction of sp³-hybridized carbons (Fsp3) is 0.633. The van der Waals surface area contributed by atoms with E-state index in [4.69, 9.17) is 9.72 Å². The molecule has 1 aromatic heterocycles. The SMILES string of the molecule is CCCN1CCc2nc3ccccc3c(C(=O)OCC(=O)N(C3CCCCC3)C3CCCCC3)c2C1. The highest BCUT2D eigenvalue weighted by molar-refractivity contribution is 6.05. The highest BCUT2D eigenvalue weighted by Crippen LogP contribution is 2.31. The van der Waals surface area contributed by atoms with Crippen molar-refractivity contribution in [3.8, 4) is 0 Å². The smallest absolute Gasteiger partial charge is 0.339 e. The van der Waals surface area contributed by atoms with Crippen molar-refractivity contribution in [3.05, 3.63) is 41.1 Å². The van der Waals surface area contributed by atoms with Crippen molar-refractivity contribution >= 4 is 22.8 Å². The number of fused-ring (bicyclic) bond motifs is 2. The minimum Gasteiger partial charge on any atom is -0.452 e. The number of aromatic nitrogens is 1. The fourth-order valence-corrected chi connectivity index (χ4v) is 6.68. The first-order chi connectivity index (χ1) is 17.7. The molecule has 1 aromatic carbocycles. The van der Waals surface area contributed by atoms with Crippen molar-refractivity contribution in [3.63, 3.8) is 0 Å². The lowest BCUT2D eigenvalue weighted by atomic mass is 9.88. The van der Waals surface area contributed by atoms with E-state index in [9.17, 15) is 9.59 Å². The van der Waals surface area contributed by atoms with E-state index in [1.165, 1.54) is 38.5 Å². The highest BCUT2D eigenvalue weighted by atomic mass is 16.5. The Morgan fingerprint density at radius 2 is 1.67 bits per heavy atom. The van der Waals surface area contributed by atoms with E-state index in [0.717, 1.165) is 73.8 Å². The first-order valence-corrected chi connectivity index (χ1v) is 14.3. The van der Waals surface area contributed by atoms with Gasteiger partial charge in [-0.2, -0.15) is 0 Å². The molecule has 194 valence electrons. The molecular formula is C30H41N3O3. The molecule has 1 aliphatic heterocycles. The Morgan fingerprint density at radius 1 is 1.00 bits per heavy atom. The van der Waals surface area contributed by atoms with Crippen LogP contribution in [0.2, 0.25) is 0 Å². The summed E-state index contributed by atoms with van der Waals surface area (Å²) in [7, 11) is 0. The van der Waals surface area contributed by atoms with Crippen LogP contribution in [0.1, 0.15) is 99.2 Å². The molecule has 2 aliphatic carbocycles. The van der Waals surface area contributed by atoms with Crippen LogP contribution in [0.3, 0.4) is 0 Å². The number of rotatable bonds is 7. The third kappa shape index (κ3) is 5.44. The third-order valence-electron chi connectivity index (χ3n) is 8.42. The van der Waals surface area contributed by atoms with E-state index >= 15 is 0 Å². The van der Waals surface area contributed by atoms with Crippen LogP contribution in [-0.4, -0.2) is 58.4 Å². The van der Waals surface area contributed by atoms with Gasteiger partial charge in [-0.3, -0.25) is 14.7 Å². The standard InChI is InChI=1S/C30H41N3O3/c1-2-18-32-19-17-27-25(20-32)29(24-15-9-10-16-26(24)31-27)30(35)36-21-28(34)33(22-11-5-3-6-12-22)23-13-7-4-8-14-23/h9-10,15-16,22-23H,2-8,11-14,17-21H2,1H3. The molecule has 2 heterocycles. The molecule has 0 atom stereocenters. The number of esters is 1. The van der Waals surface area contributed by atoms with Crippen molar-refractivity contribution in [1.82, 2.24) is 14.8 Å². The topological polar surface area (TPSA) is 62.7 Å². The molecule has 6 heteroatoms. The Kier molecular flexibility index (Phi) is 8.20. The van der Waals surface area contributed by atoms with Gasteiger partial charge < -0.3 is 9.64 Å². The lowest BCUT2D eigenvalue weighted by Gasteiger charge is -2.41. The predicted molar refractivity (Wildman–Crippen MR) is 142 cm³/mol. The number of benzene rings is 1.